The van der Waals surface area contributed by atoms with E-state index < -0.39 is 0 Å². The zero-order chi connectivity index (χ0) is 7.12. The molecule has 0 aromatic carbocycles. The third-order valence-corrected chi connectivity index (χ3v) is 3.18. The summed E-state index contributed by atoms with van der Waals surface area (Å²) in [6, 6.07) is 0. The Labute approximate surface area is 59.2 Å². The topological polar surface area (TPSA) is 0 Å². The van der Waals surface area contributed by atoms with Crippen molar-refractivity contribution in [1.82, 2.24) is 0 Å². The molecule has 1 rings (SSSR count). The zero-order valence-electron chi connectivity index (χ0n) is 7.60. The van der Waals surface area contributed by atoms with E-state index in [1.54, 1.807) is 0 Å². The van der Waals surface area contributed by atoms with Gasteiger partial charge >= 0.3 is 7.55 Å². The van der Waals surface area contributed by atoms with Crippen molar-refractivity contribution in [3.05, 3.63) is 0 Å². The van der Waals surface area contributed by atoms with Gasteiger partial charge in [0, 0.05) is 14.1 Å². The molecule has 0 aromatic heterocycles. The Kier molecular flexibility index (Phi) is 1.41. The van der Waals surface area contributed by atoms with E-state index in [2.05, 4.69) is 28.2 Å². The van der Waals surface area contributed by atoms with Gasteiger partial charge in [0.15, 0.2) is 7.41 Å². The van der Waals surface area contributed by atoms with Crippen LogP contribution in [0.3, 0.4) is 0 Å². The van der Waals surface area contributed by atoms with Gasteiger partial charge in [0.1, 0.15) is 0 Å². The lowest BCUT2D eigenvalue weighted by atomic mass is 9.88. The van der Waals surface area contributed by atoms with E-state index in [9.17, 15) is 0 Å². The van der Waals surface area contributed by atoms with Gasteiger partial charge < -0.3 is 8.70 Å². The molecule has 1 fully saturated rings. The van der Waals surface area contributed by atoms with Gasteiger partial charge in [-0.2, -0.15) is 0 Å². The van der Waals surface area contributed by atoms with Crippen molar-refractivity contribution in [2.45, 2.75) is 0 Å². The Morgan fingerprint density at radius 1 is 1.11 bits per heavy atom. The molecular formula is C5H18B2N2. The second kappa shape index (κ2) is 1.77. The molecule has 2 nitrogen and oxygen atoms in total. The number of rotatable bonds is 0. The summed E-state index contributed by atoms with van der Waals surface area (Å²) in [5.74, 6) is 0. The maximum Gasteiger partial charge on any atom is 0.342 e. The van der Waals surface area contributed by atoms with E-state index >= 15 is 0 Å². The first-order valence-electron chi connectivity index (χ1n) is 4.15. The molecule has 0 amide bonds. The Bertz CT molecular complexity index is 108. The third-order valence-electron chi connectivity index (χ3n) is 3.18. The first-order chi connectivity index (χ1) is 3.91. The lowest BCUT2D eigenvalue weighted by Crippen LogP contribution is -2.48. The van der Waals surface area contributed by atoms with Crippen LogP contribution in [0, 0.1) is 0 Å². The van der Waals surface area contributed by atoms with Crippen LogP contribution in [0.15, 0.2) is 0 Å². The van der Waals surface area contributed by atoms with Crippen molar-refractivity contribution >= 4 is 15.0 Å². The second-order valence-electron chi connectivity index (χ2n) is 5.81. The van der Waals surface area contributed by atoms with Crippen LogP contribution in [0.25, 0.3) is 0 Å². The van der Waals surface area contributed by atoms with Crippen molar-refractivity contribution in [3.8, 4) is 0 Å². The minimum Gasteiger partial charge on any atom is -0.678 e. The monoisotopic (exact) mass is 128 g/mol. The molecule has 1 heterocycles. The number of hydrogen-bond donors (Lipinski definition) is 0. The van der Waals surface area contributed by atoms with Gasteiger partial charge in [-0.1, -0.05) is 0 Å². The summed E-state index contributed by atoms with van der Waals surface area (Å²) in [7, 11) is 10.2. The van der Waals surface area contributed by atoms with Crippen molar-refractivity contribution in [2.24, 2.45) is 0 Å². The molecule has 0 bridgehead atoms. The van der Waals surface area contributed by atoms with Crippen molar-refractivity contribution < 1.29 is 8.70 Å². The molecule has 54 valence electrons. The van der Waals surface area contributed by atoms with Crippen LogP contribution in [0.5, 0.6) is 0 Å². The predicted octanol–water partition coefficient (Wildman–Crippen LogP) is -1.81. The smallest absolute Gasteiger partial charge is 0.342 e. The van der Waals surface area contributed by atoms with E-state index in [0.29, 0.717) is 7.41 Å². The Morgan fingerprint density at radius 2 is 1.67 bits per heavy atom. The molecule has 9 heavy (non-hydrogen) atoms. The lowest BCUT2D eigenvalue weighted by molar-refractivity contribution is -0.806. The van der Waals surface area contributed by atoms with Crippen LogP contribution in [0.4, 0.5) is 0 Å². The van der Waals surface area contributed by atoms with E-state index in [-0.39, 0.29) is 7.55 Å². The summed E-state index contributed by atoms with van der Waals surface area (Å²) >= 11 is 0. The molecular weight excluding hydrogens is 110 g/mol. The normalized spacial score (nSPS) is 30.7. The first-order valence-corrected chi connectivity index (χ1v) is 4.15. The molecule has 1 saturated heterocycles. The summed E-state index contributed by atoms with van der Waals surface area (Å²) in [5, 5.41) is 0. The minimum absolute atomic E-state index is 0.250. The highest BCUT2D eigenvalue weighted by molar-refractivity contribution is 6.41. The minimum atomic E-state index is 0.250. The lowest BCUT2D eigenvalue weighted by Gasteiger charge is -2.43. The average molecular weight is 128 g/mol. The quantitative estimate of drug-likeness (QED) is 0.337. The Balaban J connectivity index is 2.58. The number of quaternary nitrogens is 2. The molecule has 0 radical (unpaired) electrons. The van der Waals surface area contributed by atoms with Gasteiger partial charge in [-0.25, -0.2) is 0 Å². The fourth-order valence-electron chi connectivity index (χ4n) is 2.76. The van der Waals surface area contributed by atoms with Crippen LogP contribution >= 0.6 is 0 Å². The van der Waals surface area contributed by atoms with Crippen molar-refractivity contribution in [2.75, 3.05) is 34.6 Å². The van der Waals surface area contributed by atoms with E-state index in [4.69, 9.17) is 0 Å². The van der Waals surface area contributed by atoms with Crippen LogP contribution in [-0.2, 0) is 0 Å². The summed E-state index contributed by atoms with van der Waals surface area (Å²) in [6.07, 6.45) is 1.51. The van der Waals surface area contributed by atoms with Crippen LogP contribution in [-0.4, -0.2) is 58.3 Å². The van der Waals surface area contributed by atoms with E-state index in [0.717, 1.165) is 0 Å². The van der Waals surface area contributed by atoms with Gasteiger partial charge in [-0.05, 0) is 20.5 Å². The highest BCUT2D eigenvalue weighted by Crippen LogP contribution is 2.08. The molecule has 4 heteroatoms. The molecule has 0 aliphatic carbocycles. The van der Waals surface area contributed by atoms with Gasteiger partial charge in [0.25, 0.3) is 0 Å². The molecule has 0 atom stereocenters. The molecule has 0 unspecified atom stereocenters. The summed E-state index contributed by atoms with van der Waals surface area (Å²) < 4.78 is 2.81. The highest BCUT2D eigenvalue weighted by Gasteiger charge is 2.24. The van der Waals surface area contributed by atoms with Crippen molar-refractivity contribution in [3.63, 3.8) is 0 Å². The largest absolute Gasteiger partial charge is 0.678 e. The van der Waals surface area contributed by atoms with Gasteiger partial charge in [-0.15, -0.1) is 0 Å². The molecule has 1 aliphatic rings. The van der Waals surface area contributed by atoms with Crippen LogP contribution in [0.2, 0.25) is 0 Å². The van der Waals surface area contributed by atoms with E-state index in [1.165, 1.54) is 15.1 Å². The molecule has 0 N–H and O–H groups in total. The Hall–Kier alpha value is 0.0499. The fraction of sp³-hybridized carbons (Fsp3) is 1.00. The molecule has 0 aromatic rings. The maximum atomic E-state index is 2.41. The third kappa shape index (κ3) is 1.73. The standard InChI is InChI=1S/C5H18B2N2/c1-8(2)5-6-9(3,4)7-8/h5-7H2,1-4H3. The Morgan fingerprint density at radius 3 is 1.78 bits per heavy atom. The van der Waals surface area contributed by atoms with Crippen LogP contribution < -0.4 is 0 Å². The van der Waals surface area contributed by atoms with E-state index in [1.807, 2.05) is 0 Å². The first kappa shape index (κ1) is 7.16. The average Bonchev–Trinajstić information content (AvgIpc) is 1.78. The zero-order valence-corrected chi connectivity index (χ0v) is 7.60. The molecule has 0 spiro atoms. The summed E-state index contributed by atoms with van der Waals surface area (Å²) in [4.78, 5) is 0. The van der Waals surface area contributed by atoms with Crippen LogP contribution in [0.1, 0.15) is 0 Å². The van der Waals surface area contributed by atoms with Gasteiger partial charge in [-0.3, -0.25) is 0 Å². The summed E-state index contributed by atoms with van der Waals surface area (Å²) in [6.45, 7) is 0. The predicted molar refractivity (Wildman–Crippen MR) is 46.2 cm³/mol. The number of nitrogens with zero attached hydrogens (tertiary/aromatic N) is 2. The number of hydrogen-bond acceptors (Lipinski definition) is 0. The SMILES string of the molecule is C[N+]1(C)[BH2-]C[N+](C)(C)[BH2-]1. The molecule has 1 aliphatic heterocycles. The second-order valence-corrected chi connectivity index (χ2v) is 5.81. The van der Waals surface area contributed by atoms with Gasteiger partial charge in [0.2, 0.25) is 0 Å². The highest BCUT2D eigenvalue weighted by atomic mass is 15.4. The fourth-order valence-corrected chi connectivity index (χ4v) is 2.76. The maximum absolute atomic E-state index is 2.41. The van der Waals surface area contributed by atoms with Gasteiger partial charge in [0.05, 0.1) is 0 Å². The molecule has 0 saturated carbocycles. The van der Waals surface area contributed by atoms with Crippen molar-refractivity contribution in [1.29, 1.82) is 0 Å². The summed E-state index contributed by atoms with van der Waals surface area (Å²) in [5.41, 5.74) is 0.